The molecule has 0 aromatic rings. The molecule has 1 unspecified atom stereocenters. The monoisotopic (exact) mass is 113 g/mol. The second-order valence-electron chi connectivity index (χ2n) is 2.57. The molecule has 1 N–H and O–H groups in total. The smallest absolute Gasteiger partial charge is 0.139 e. The van der Waals surface area contributed by atoms with Crippen molar-refractivity contribution < 1.29 is 4.79 Å². The maximum Gasteiger partial charge on any atom is 0.139 e. The van der Waals surface area contributed by atoms with Crippen LogP contribution in [0.2, 0.25) is 0 Å². The molecule has 1 saturated heterocycles. The van der Waals surface area contributed by atoms with Crippen LogP contribution in [0.15, 0.2) is 0 Å². The maximum atomic E-state index is 10.3. The van der Waals surface area contributed by atoms with Crippen LogP contribution in [-0.2, 0) is 4.79 Å². The number of rotatable bonds is 1. The van der Waals surface area contributed by atoms with Crippen LogP contribution in [0.5, 0.6) is 0 Å². The van der Waals surface area contributed by atoms with Gasteiger partial charge < -0.3 is 10.1 Å². The number of nitrogens with one attached hydrogen (secondary N) is 1. The van der Waals surface area contributed by atoms with Gasteiger partial charge in [0.05, 0.1) is 5.54 Å². The van der Waals surface area contributed by atoms with Crippen molar-refractivity contribution in [1.82, 2.24) is 5.32 Å². The first-order chi connectivity index (χ1) is 3.77. The molecule has 8 heavy (non-hydrogen) atoms. The molecule has 1 rings (SSSR count). The summed E-state index contributed by atoms with van der Waals surface area (Å²) in [6.07, 6.45) is 3.13. The Hall–Kier alpha value is -0.370. The maximum absolute atomic E-state index is 10.3. The Morgan fingerprint density at radius 1 is 1.75 bits per heavy atom. The first-order valence-corrected chi connectivity index (χ1v) is 2.98. The highest BCUT2D eigenvalue weighted by atomic mass is 16.1. The van der Waals surface area contributed by atoms with Gasteiger partial charge in [0, 0.05) is 0 Å². The summed E-state index contributed by atoms with van der Waals surface area (Å²) in [4.78, 5) is 10.3. The van der Waals surface area contributed by atoms with Gasteiger partial charge in [-0.3, -0.25) is 0 Å². The van der Waals surface area contributed by atoms with Crippen LogP contribution in [0.1, 0.15) is 19.8 Å². The lowest BCUT2D eigenvalue weighted by molar-refractivity contribution is -0.112. The first kappa shape index (κ1) is 5.76. The summed E-state index contributed by atoms with van der Waals surface area (Å²) in [5, 5.41) is 3.11. The van der Waals surface area contributed by atoms with Gasteiger partial charge in [0.15, 0.2) is 0 Å². The van der Waals surface area contributed by atoms with Crippen LogP contribution in [0.25, 0.3) is 0 Å². The third kappa shape index (κ3) is 0.892. The Morgan fingerprint density at radius 3 is 2.75 bits per heavy atom. The van der Waals surface area contributed by atoms with Crippen molar-refractivity contribution in [3.05, 3.63) is 0 Å². The van der Waals surface area contributed by atoms with Gasteiger partial charge >= 0.3 is 0 Å². The minimum absolute atomic E-state index is 0.194. The van der Waals surface area contributed by atoms with Crippen LogP contribution in [0.4, 0.5) is 0 Å². The SMILES string of the molecule is CC1(C=O)CCCN1. The first-order valence-electron chi connectivity index (χ1n) is 2.98. The van der Waals surface area contributed by atoms with E-state index in [1.807, 2.05) is 6.92 Å². The zero-order chi connectivity index (χ0) is 6.04. The fourth-order valence-electron chi connectivity index (χ4n) is 1.02. The summed E-state index contributed by atoms with van der Waals surface area (Å²) < 4.78 is 0. The Labute approximate surface area is 49.3 Å². The molecule has 1 aliphatic rings. The zero-order valence-electron chi connectivity index (χ0n) is 5.11. The average Bonchev–Trinajstić information content (AvgIpc) is 2.17. The number of carbonyl (C=O) groups excluding carboxylic acids is 1. The molecule has 0 spiro atoms. The molecular weight excluding hydrogens is 102 g/mol. The summed E-state index contributed by atoms with van der Waals surface area (Å²) >= 11 is 0. The van der Waals surface area contributed by atoms with Crippen molar-refractivity contribution in [1.29, 1.82) is 0 Å². The fraction of sp³-hybridized carbons (Fsp3) is 0.833. The van der Waals surface area contributed by atoms with E-state index in [1.54, 1.807) is 0 Å². The highest BCUT2D eigenvalue weighted by Gasteiger charge is 2.26. The van der Waals surface area contributed by atoms with E-state index in [4.69, 9.17) is 0 Å². The molecule has 0 aliphatic carbocycles. The van der Waals surface area contributed by atoms with Gasteiger partial charge in [-0.25, -0.2) is 0 Å². The number of hydrogen-bond acceptors (Lipinski definition) is 2. The second kappa shape index (κ2) is 1.86. The van der Waals surface area contributed by atoms with Gasteiger partial charge in [-0.05, 0) is 26.3 Å². The van der Waals surface area contributed by atoms with Crippen molar-refractivity contribution in [2.75, 3.05) is 6.54 Å². The van der Waals surface area contributed by atoms with E-state index >= 15 is 0 Å². The summed E-state index contributed by atoms with van der Waals surface area (Å²) in [7, 11) is 0. The summed E-state index contributed by atoms with van der Waals surface area (Å²) in [6.45, 7) is 2.93. The number of hydrogen-bond donors (Lipinski definition) is 1. The van der Waals surface area contributed by atoms with Gasteiger partial charge in [-0.1, -0.05) is 0 Å². The highest BCUT2D eigenvalue weighted by Crippen LogP contribution is 2.14. The normalized spacial score (nSPS) is 37.6. The lowest BCUT2D eigenvalue weighted by atomic mass is 10.0. The van der Waals surface area contributed by atoms with E-state index in [9.17, 15) is 4.79 Å². The molecule has 46 valence electrons. The van der Waals surface area contributed by atoms with Crippen LogP contribution in [-0.4, -0.2) is 18.4 Å². The fourth-order valence-corrected chi connectivity index (χ4v) is 1.02. The van der Waals surface area contributed by atoms with Crippen LogP contribution in [0, 0.1) is 0 Å². The molecule has 0 aromatic heterocycles. The van der Waals surface area contributed by atoms with Crippen molar-refractivity contribution in [3.63, 3.8) is 0 Å². The van der Waals surface area contributed by atoms with Crippen molar-refractivity contribution in [2.24, 2.45) is 0 Å². The predicted octanol–water partition coefficient (Wildman–Crippen LogP) is 0.327. The molecule has 1 aliphatic heterocycles. The lowest BCUT2D eigenvalue weighted by Crippen LogP contribution is -2.37. The molecule has 1 heterocycles. The summed E-state index contributed by atoms with van der Waals surface area (Å²) in [5.41, 5.74) is -0.194. The Kier molecular flexibility index (Phi) is 1.34. The third-order valence-corrected chi connectivity index (χ3v) is 1.66. The van der Waals surface area contributed by atoms with Gasteiger partial charge in [0.25, 0.3) is 0 Å². The topological polar surface area (TPSA) is 29.1 Å². The van der Waals surface area contributed by atoms with Crippen molar-refractivity contribution >= 4 is 6.29 Å². The second-order valence-corrected chi connectivity index (χ2v) is 2.57. The van der Waals surface area contributed by atoms with Gasteiger partial charge in [0.1, 0.15) is 6.29 Å². The van der Waals surface area contributed by atoms with Crippen LogP contribution in [0.3, 0.4) is 0 Å². The van der Waals surface area contributed by atoms with E-state index in [-0.39, 0.29) is 5.54 Å². The quantitative estimate of drug-likeness (QED) is 0.496. The zero-order valence-corrected chi connectivity index (χ0v) is 5.11. The molecule has 2 heteroatoms. The molecule has 0 bridgehead atoms. The predicted molar refractivity (Wildman–Crippen MR) is 31.7 cm³/mol. The molecule has 0 amide bonds. The van der Waals surface area contributed by atoms with Gasteiger partial charge in [-0.2, -0.15) is 0 Å². The molecule has 0 saturated carbocycles. The molecule has 2 nitrogen and oxygen atoms in total. The van der Waals surface area contributed by atoms with Gasteiger partial charge in [-0.15, -0.1) is 0 Å². The van der Waals surface area contributed by atoms with Crippen LogP contribution >= 0.6 is 0 Å². The molecule has 1 fully saturated rings. The Bertz CT molecular complexity index is 94.7. The van der Waals surface area contributed by atoms with E-state index in [2.05, 4.69) is 5.32 Å². The third-order valence-electron chi connectivity index (χ3n) is 1.66. The lowest BCUT2D eigenvalue weighted by Gasteiger charge is -2.13. The van der Waals surface area contributed by atoms with Crippen LogP contribution < -0.4 is 5.32 Å². The van der Waals surface area contributed by atoms with E-state index < -0.39 is 0 Å². The Morgan fingerprint density at radius 2 is 2.50 bits per heavy atom. The van der Waals surface area contributed by atoms with E-state index in [0.29, 0.717) is 0 Å². The molecule has 0 aromatic carbocycles. The summed E-state index contributed by atoms with van der Waals surface area (Å²) in [5.74, 6) is 0. The van der Waals surface area contributed by atoms with Crippen molar-refractivity contribution in [3.8, 4) is 0 Å². The number of carbonyl (C=O) groups is 1. The molecule has 1 atom stereocenters. The standard InChI is InChI=1S/C6H11NO/c1-6(5-8)3-2-4-7-6/h5,7H,2-4H2,1H3. The van der Waals surface area contributed by atoms with E-state index in [0.717, 1.165) is 25.7 Å². The largest absolute Gasteiger partial charge is 0.305 e. The Balaban J connectivity index is 2.52. The van der Waals surface area contributed by atoms with E-state index in [1.165, 1.54) is 0 Å². The molecule has 0 radical (unpaired) electrons. The summed E-state index contributed by atoms with van der Waals surface area (Å²) in [6, 6.07) is 0. The van der Waals surface area contributed by atoms with Crippen molar-refractivity contribution in [2.45, 2.75) is 25.3 Å². The highest BCUT2D eigenvalue weighted by molar-refractivity contribution is 5.63. The average molecular weight is 113 g/mol. The van der Waals surface area contributed by atoms with Gasteiger partial charge in [0.2, 0.25) is 0 Å². The minimum atomic E-state index is -0.194. The minimum Gasteiger partial charge on any atom is -0.305 e. The number of aldehydes is 1. The molecular formula is C6H11NO.